The Kier molecular flexibility index (Phi) is 5.73. The van der Waals surface area contributed by atoms with Crippen LogP contribution in [-0.2, 0) is 19.7 Å². The Labute approximate surface area is 185 Å². The van der Waals surface area contributed by atoms with Crippen molar-refractivity contribution in [3.8, 4) is 17.2 Å². The standard InChI is InChI=1S/C25H24N2O5/c1-15-11-20(28)22(29)21(23(15)32-14-16-7-4-3-5-8-16)25(31)27-12-17-9-6-10-18(19(17)13-27)24(30)26-2/h3-11,28-29H,12-14H2,1-2H3,(H,26,30). The predicted molar refractivity (Wildman–Crippen MR) is 119 cm³/mol. The van der Waals surface area contributed by atoms with Crippen LogP contribution in [0.25, 0.3) is 0 Å². The van der Waals surface area contributed by atoms with E-state index in [1.165, 1.54) is 11.0 Å². The van der Waals surface area contributed by atoms with Crippen LogP contribution in [0, 0.1) is 6.92 Å². The number of amides is 2. The van der Waals surface area contributed by atoms with E-state index >= 15 is 0 Å². The maximum atomic E-state index is 13.5. The van der Waals surface area contributed by atoms with E-state index in [1.54, 1.807) is 26.1 Å². The number of hydrogen-bond donors (Lipinski definition) is 3. The van der Waals surface area contributed by atoms with Crippen LogP contribution < -0.4 is 10.1 Å². The van der Waals surface area contributed by atoms with Crippen LogP contribution in [0.15, 0.2) is 54.6 Å². The number of nitrogens with zero attached hydrogens (tertiary/aromatic N) is 1. The van der Waals surface area contributed by atoms with Crippen molar-refractivity contribution < 1.29 is 24.5 Å². The van der Waals surface area contributed by atoms with Crippen molar-refractivity contribution in [1.82, 2.24) is 10.2 Å². The highest BCUT2D eigenvalue weighted by Crippen LogP contribution is 2.41. The summed E-state index contributed by atoms with van der Waals surface area (Å²) >= 11 is 0. The van der Waals surface area contributed by atoms with Gasteiger partial charge in [0.05, 0.1) is 0 Å². The van der Waals surface area contributed by atoms with Crippen molar-refractivity contribution in [2.24, 2.45) is 0 Å². The highest BCUT2D eigenvalue weighted by atomic mass is 16.5. The number of hydrogen-bond acceptors (Lipinski definition) is 5. The molecule has 2 amide bonds. The van der Waals surface area contributed by atoms with Crippen molar-refractivity contribution in [2.45, 2.75) is 26.6 Å². The molecular formula is C25H24N2O5. The monoisotopic (exact) mass is 432 g/mol. The molecule has 1 aliphatic rings. The summed E-state index contributed by atoms with van der Waals surface area (Å²) in [5.74, 6) is -1.40. The number of benzene rings is 3. The molecule has 32 heavy (non-hydrogen) atoms. The van der Waals surface area contributed by atoms with Gasteiger partial charge in [-0.15, -0.1) is 0 Å². The summed E-state index contributed by atoms with van der Waals surface area (Å²) in [7, 11) is 1.56. The molecule has 3 aromatic carbocycles. The Morgan fingerprint density at radius 3 is 2.53 bits per heavy atom. The maximum absolute atomic E-state index is 13.5. The van der Waals surface area contributed by atoms with Crippen molar-refractivity contribution in [2.75, 3.05) is 7.05 Å². The largest absolute Gasteiger partial charge is 0.504 e. The van der Waals surface area contributed by atoms with Crippen LogP contribution in [0.1, 0.15) is 43.0 Å². The Hall–Kier alpha value is -4.00. The normalized spacial score (nSPS) is 12.4. The van der Waals surface area contributed by atoms with Gasteiger partial charge in [0.2, 0.25) is 0 Å². The molecule has 0 unspecified atom stereocenters. The highest BCUT2D eigenvalue weighted by Gasteiger charge is 2.32. The number of carbonyl (C=O) groups is 2. The molecule has 0 aromatic heterocycles. The van der Waals surface area contributed by atoms with Crippen molar-refractivity contribution in [3.63, 3.8) is 0 Å². The molecule has 3 N–H and O–H groups in total. The molecule has 7 heteroatoms. The molecule has 0 aliphatic carbocycles. The van der Waals surface area contributed by atoms with Crippen LogP contribution in [0.3, 0.4) is 0 Å². The summed E-state index contributed by atoms with van der Waals surface area (Å²) in [6, 6.07) is 16.2. The summed E-state index contributed by atoms with van der Waals surface area (Å²) < 4.78 is 5.94. The van der Waals surface area contributed by atoms with Crippen molar-refractivity contribution in [3.05, 3.63) is 88.0 Å². The SMILES string of the molecule is CNC(=O)c1cccc2c1CN(C(=O)c1c(O)c(O)cc(C)c1OCc1ccccc1)C2. The van der Waals surface area contributed by atoms with Gasteiger partial charge in [0, 0.05) is 25.7 Å². The average molecular weight is 432 g/mol. The van der Waals surface area contributed by atoms with Crippen LogP contribution in [-0.4, -0.2) is 34.0 Å². The first-order valence-corrected chi connectivity index (χ1v) is 10.2. The molecule has 7 nitrogen and oxygen atoms in total. The maximum Gasteiger partial charge on any atom is 0.262 e. The third kappa shape index (κ3) is 3.85. The fourth-order valence-corrected chi connectivity index (χ4v) is 3.96. The van der Waals surface area contributed by atoms with Gasteiger partial charge in [-0.05, 0) is 41.3 Å². The van der Waals surface area contributed by atoms with Gasteiger partial charge in [-0.3, -0.25) is 9.59 Å². The zero-order valence-electron chi connectivity index (χ0n) is 17.9. The number of fused-ring (bicyclic) bond motifs is 1. The quantitative estimate of drug-likeness (QED) is 0.536. The zero-order valence-corrected chi connectivity index (χ0v) is 17.9. The topological polar surface area (TPSA) is 99.1 Å². The van der Waals surface area contributed by atoms with Crippen LogP contribution in [0.2, 0.25) is 0 Å². The molecule has 0 fully saturated rings. The molecule has 0 saturated heterocycles. The smallest absolute Gasteiger partial charge is 0.262 e. The van der Waals surface area contributed by atoms with Gasteiger partial charge >= 0.3 is 0 Å². The second-order valence-electron chi connectivity index (χ2n) is 7.72. The van der Waals surface area contributed by atoms with Gasteiger partial charge in [-0.2, -0.15) is 0 Å². The van der Waals surface area contributed by atoms with E-state index in [1.807, 2.05) is 36.4 Å². The van der Waals surface area contributed by atoms with Crippen molar-refractivity contribution in [1.29, 1.82) is 0 Å². The molecule has 0 saturated carbocycles. The molecular weight excluding hydrogens is 408 g/mol. The van der Waals surface area contributed by atoms with E-state index in [4.69, 9.17) is 4.74 Å². The minimum atomic E-state index is -0.522. The Morgan fingerprint density at radius 2 is 1.81 bits per heavy atom. The summed E-state index contributed by atoms with van der Waals surface area (Å²) in [4.78, 5) is 27.3. The number of nitrogens with one attached hydrogen (secondary N) is 1. The van der Waals surface area contributed by atoms with Crippen LogP contribution in [0.4, 0.5) is 0 Å². The second kappa shape index (κ2) is 8.63. The third-order valence-electron chi connectivity index (χ3n) is 5.60. The molecule has 0 radical (unpaired) electrons. The van der Waals surface area contributed by atoms with Crippen LogP contribution >= 0.6 is 0 Å². The Bertz CT molecular complexity index is 1190. The van der Waals surface area contributed by atoms with E-state index in [0.29, 0.717) is 11.1 Å². The number of carbonyl (C=O) groups excluding carboxylic acids is 2. The van der Waals surface area contributed by atoms with Gasteiger partial charge in [0.1, 0.15) is 17.9 Å². The minimum Gasteiger partial charge on any atom is -0.504 e. The van der Waals surface area contributed by atoms with E-state index in [9.17, 15) is 19.8 Å². The Balaban J connectivity index is 1.67. The lowest BCUT2D eigenvalue weighted by atomic mass is 10.0. The first-order chi connectivity index (χ1) is 15.4. The third-order valence-corrected chi connectivity index (χ3v) is 5.60. The number of aromatic hydroxyl groups is 2. The molecule has 4 rings (SSSR count). The van der Waals surface area contributed by atoms with Crippen LogP contribution in [0.5, 0.6) is 17.2 Å². The molecule has 0 atom stereocenters. The number of phenols is 2. The number of rotatable bonds is 5. The average Bonchev–Trinajstić information content (AvgIpc) is 3.24. The Morgan fingerprint density at radius 1 is 1.06 bits per heavy atom. The fourth-order valence-electron chi connectivity index (χ4n) is 3.96. The number of aryl methyl sites for hydroxylation is 1. The molecule has 1 heterocycles. The fraction of sp³-hybridized carbons (Fsp3) is 0.200. The lowest BCUT2D eigenvalue weighted by Gasteiger charge is -2.21. The first-order valence-electron chi connectivity index (χ1n) is 10.2. The summed E-state index contributed by atoms with van der Waals surface area (Å²) in [5.41, 5.74) is 3.49. The van der Waals surface area contributed by atoms with E-state index in [-0.39, 0.29) is 42.7 Å². The van der Waals surface area contributed by atoms with Crippen molar-refractivity contribution >= 4 is 11.8 Å². The lowest BCUT2D eigenvalue weighted by molar-refractivity contribution is 0.0740. The molecule has 164 valence electrons. The zero-order chi connectivity index (χ0) is 22.8. The second-order valence-corrected chi connectivity index (χ2v) is 7.72. The highest BCUT2D eigenvalue weighted by molar-refractivity contribution is 6.02. The van der Waals surface area contributed by atoms with E-state index in [0.717, 1.165) is 16.7 Å². The lowest BCUT2D eigenvalue weighted by Crippen LogP contribution is -2.27. The summed E-state index contributed by atoms with van der Waals surface area (Å²) in [6.07, 6.45) is 0. The minimum absolute atomic E-state index is 0.0901. The first kappa shape index (κ1) is 21.2. The molecule has 3 aromatic rings. The van der Waals surface area contributed by atoms with Gasteiger partial charge < -0.3 is 25.2 Å². The molecule has 0 spiro atoms. The van der Waals surface area contributed by atoms with Gasteiger partial charge in [-0.1, -0.05) is 42.5 Å². The number of phenolic OH excluding ortho intramolecular Hbond substituents is 2. The van der Waals surface area contributed by atoms with Gasteiger partial charge in [0.25, 0.3) is 11.8 Å². The van der Waals surface area contributed by atoms with Gasteiger partial charge in [-0.25, -0.2) is 0 Å². The summed E-state index contributed by atoms with van der Waals surface area (Å²) in [5, 5.41) is 23.4. The number of ether oxygens (including phenoxy) is 1. The molecule has 0 bridgehead atoms. The summed E-state index contributed by atoms with van der Waals surface area (Å²) in [6.45, 7) is 2.40. The van der Waals surface area contributed by atoms with E-state index in [2.05, 4.69) is 5.32 Å². The van der Waals surface area contributed by atoms with E-state index < -0.39 is 11.7 Å². The molecule has 1 aliphatic heterocycles. The van der Waals surface area contributed by atoms with Gasteiger partial charge in [0.15, 0.2) is 11.5 Å². The predicted octanol–water partition coefficient (Wildman–Crippen LogP) is 3.50.